The van der Waals surface area contributed by atoms with Crippen LogP contribution in [0.5, 0.6) is 23.0 Å². The highest BCUT2D eigenvalue weighted by atomic mass is 16.7. The molecule has 0 unspecified atom stereocenters. The van der Waals surface area contributed by atoms with Gasteiger partial charge >= 0.3 is 0 Å². The molecule has 0 atom stereocenters. The molecular formula is C27H22N2O5. The number of nitrogens with zero attached hydrogens (tertiary/aromatic N) is 2. The van der Waals surface area contributed by atoms with Crippen molar-refractivity contribution in [2.75, 3.05) is 20.5 Å². The molecule has 7 heteroatoms. The van der Waals surface area contributed by atoms with E-state index in [-0.39, 0.29) is 19.3 Å². The maximum absolute atomic E-state index is 12.4. The van der Waals surface area contributed by atoms with Crippen molar-refractivity contribution in [3.8, 4) is 34.3 Å². The van der Waals surface area contributed by atoms with Gasteiger partial charge in [0, 0.05) is 18.4 Å². The van der Waals surface area contributed by atoms with Crippen LogP contribution in [0.4, 0.5) is 5.69 Å². The first-order chi connectivity index (χ1) is 16.7. The highest BCUT2D eigenvalue weighted by Gasteiger charge is 2.28. The van der Waals surface area contributed by atoms with Crippen molar-refractivity contribution in [2.24, 2.45) is 4.99 Å². The fraction of sp³-hybridized carbons (Fsp3) is 0.185. The third kappa shape index (κ3) is 3.55. The second-order valence-electron chi connectivity index (χ2n) is 8.19. The summed E-state index contributed by atoms with van der Waals surface area (Å²) in [6, 6.07) is 19.3. The number of fused-ring (bicyclic) bond motifs is 5. The number of hydrogen-bond acceptors (Lipinski definition) is 6. The number of aliphatic imine (C=N–C) groups is 1. The standard InChI is InChI=1S/C27H22N2O5/c1-31-23-8-7-17-11-22-20-13-25-24(33-16-34-25)12-18(20)9-10-29(22)14-21(17)27(23)32-15-26(30)28-19-5-3-2-4-6-19/h2-8,11-14H,9-10,15-16H2,1H3. The number of rotatable bonds is 5. The molecule has 3 heterocycles. The zero-order chi connectivity index (χ0) is 23.1. The Hall–Kier alpha value is -4.26. The van der Waals surface area contributed by atoms with Crippen molar-refractivity contribution in [3.63, 3.8) is 0 Å². The smallest absolute Gasteiger partial charge is 0.231 e. The largest absolute Gasteiger partial charge is 0.859 e. The molecule has 3 aromatic carbocycles. The summed E-state index contributed by atoms with van der Waals surface area (Å²) in [7, 11) is 1.59. The molecule has 2 aliphatic heterocycles. The molecule has 0 spiro atoms. The highest BCUT2D eigenvalue weighted by molar-refractivity contribution is 5.92. The molecule has 0 radical (unpaired) electrons. The predicted octanol–water partition coefficient (Wildman–Crippen LogP) is 3.56. The van der Waals surface area contributed by atoms with Gasteiger partial charge in [0.15, 0.2) is 35.7 Å². The van der Waals surface area contributed by atoms with Gasteiger partial charge in [-0.05, 0) is 47.3 Å². The van der Waals surface area contributed by atoms with E-state index in [1.54, 1.807) is 19.2 Å². The van der Waals surface area contributed by atoms with Gasteiger partial charge in [-0.3, -0.25) is 4.99 Å². The number of benzene rings is 3. The number of hydrogen-bond donors (Lipinski definition) is 0. The number of aromatic nitrogens is 1. The molecule has 0 fully saturated rings. The average Bonchev–Trinajstić information content (AvgIpc) is 3.33. The minimum absolute atomic E-state index is 0.182. The minimum Gasteiger partial charge on any atom is -0.859 e. The zero-order valence-corrected chi connectivity index (χ0v) is 18.6. The monoisotopic (exact) mass is 454 g/mol. The summed E-state index contributed by atoms with van der Waals surface area (Å²) in [6.45, 7) is 0.890. The summed E-state index contributed by atoms with van der Waals surface area (Å²) in [6.07, 6.45) is 2.94. The van der Waals surface area contributed by atoms with Crippen molar-refractivity contribution in [3.05, 3.63) is 72.4 Å². The molecule has 6 rings (SSSR count). The van der Waals surface area contributed by atoms with Crippen molar-refractivity contribution >= 4 is 22.4 Å². The van der Waals surface area contributed by atoms with Crippen LogP contribution in [0.15, 0.2) is 71.9 Å². The Morgan fingerprint density at radius 3 is 2.71 bits per heavy atom. The minimum atomic E-state index is -0.360. The highest BCUT2D eigenvalue weighted by Crippen LogP contribution is 2.41. The molecule has 2 aliphatic rings. The van der Waals surface area contributed by atoms with E-state index in [1.165, 1.54) is 5.56 Å². The van der Waals surface area contributed by atoms with Gasteiger partial charge in [0.25, 0.3) is 0 Å². The summed E-state index contributed by atoms with van der Waals surface area (Å²) in [5.41, 5.74) is 4.07. The lowest BCUT2D eigenvalue weighted by molar-refractivity contribution is -0.686. The molecule has 0 N–H and O–H groups in total. The predicted molar refractivity (Wildman–Crippen MR) is 125 cm³/mol. The first-order valence-corrected chi connectivity index (χ1v) is 11.1. The quantitative estimate of drug-likeness (QED) is 0.262. The van der Waals surface area contributed by atoms with E-state index < -0.39 is 0 Å². The summed E-state index contributed by atoms with van der Waals surface area (Å²) in [5, 5.41) is 14.3. The molecular weight excluding hydrogens is 432 g/mol. The van der Waals surface area contributed by atoms with Crippen molar-refractivity contribution in [2.45, 2.75) is 13.0 Å². The van der Waals surface area contributed by atoms with Crippen LogP contribution < -0.4 is 28.6 Å². The van der Waals surface area contributed by atoms with Crippen molar-refractivity contribution < 1.29 is 28.6 Å². The molecule has 1 aromatic heterocycles. The van der Waals surface area contributed by atoms with E-state index in [9.17, 15) is 5.11 Å². The Bertz CT molecular complexity index is 1430. The first kappa shape index (κ1) is 20.4. The van der Waals surface area contributed by atoms with E-state index in [0.29, 0.717) is 17.2 Å². The molecule has 0 bridgehead atoms. The lowest BCUT2D eigenvalue weighted by Crippen LogP contribution is -2.40. The summed E-state index contributed by atoms with van der Waals surface area (Å²) in [5.74, 6) is 2.31. The van der Waals surface area contributed by atoms with E-state index in [0.717, 1.165) is 46.5 Å². The van der Waals surface area contributed by atoms with Gasteiger partial charge < -0.3 is 24.1 Å². The van der Waals surface area contributed by atoms with Crippen LogP contribution in [0.1, 0.15) is 5.56 Å². The summed E-state index contributed by atoms with van der Waals surface area (Å²) in [4.78, 5) is 4.10. The summed E-state index contributed by atoms with van der Waals surface area (Å²) < 4.78 is 24.9. The number of para-hydroxylation sites is 1. The SMILES string of the molecule is COc1ccc2cc3[n+](cc2c1OCC([O-])=Nc1ccccc1)CCc1cc2c(cc1-3)OCO2. The van der Waals surface area contributed by atoms with Gasteiger partial charge in [0.2, 0.25) is 12.5 Å². The third-order valence-electron chi connectivity index (χ3n) is 6.15. The van der Waals surface area contributed by atoms with Crippen LogP contribution in [-0.2, 0) is 13.0 Å². The second-order valence-corrected chi connectivity index (χ2v) is 8.19. The number of aryl methyl sites for hydroxylation is 2. The second kappa shape index (κ2) is 8.26. The van der Waals surface area contributed by atoms with E-state index in [2.05, 4.69) is 34.0 Å². The molecule has 7 nitrogen and oxygen atoms in total. The fourth-order valence-electron chi connectivity index (χ4n) is 4.52. The number of pyridine rings is 1. The molecule has 0 saturated carbocycles. The van der Waals surface area contributed by atoms with Crippen LogP contribution in [0, 0.1) is 0 Å². The van der Waals surface area contributed by atoms with Crippen LogP contribution in [0.3, 0.4) is 0 Å². The molecule has 34 heavy (non-hydrogen) atoms. The van der Waals surface area contributed by atoms with Gasteiger partial charge in [-0.1, -0.05) is 18.2 Å². The lowest BCUT2D eigenvalue weighted by atomic mass is 9.95. The Labute approximate surface area is 196 Å². The van der Waals surface area contributed by atoms with E-state index >= 15 is 0 Å². The lowest BCUT2D eigenvalue weighted by Gasteiger charge is -2.19. The maximum Gasteiger partial charge on any atom is 0.231 e. The summed E-state index contributed by atoms with van der Waals surface area (Å²) >= 11 is 0. The number of methoxy groups -OCH3 is 1. The molecule has 0 aliphatic carbocycles. The van der Waals surface area contributed by atoms with E-state index in [1.807, 2.05) is 30.3 Å². The van der Waals surface area contributed by atoms with Gasteiger partial charge in [0.1, 0.15) is 6.61 Å². The van der Waals surface area contributed by atoms with Crippen molar-refractivity contribution in [1.82, 2.24) is 0 Å². The molecule has 0 saturated heterocycles. The molecule has 170 valence electrons. The average molecular weight is 454 g/mol. The van der Waals surface area contributed by atoms with Gasteiger partial charge in [-0.2, -0.15) is 4.57 Å². The van der Waals surface area contributed by atoms with Crippen LogP contribution in [0.25, 0.3) is 22.0 Å². The van der Waals surface area contributed by atoms with E-state index in [4.69, 9.17) is 18.9 Å². The Morgan fingerprint density at radius 1 is 1.06 bits per heavy atom. The topological polar surface area (TPSA) is 76.2 Å². The van der Waals surface area contributed by atoms with Gasteiger partial charge in [-0.25, -0.2) is 0 Å². The first-order valence-electron chi connectivity index (χ1n) is 11.1. The van der Waals surface area contributed by atoms with Crippen LogP contribution in [0.2, 0.25) is 0 Å². The van der Waals surface area contributed by atoms with Crippen LogP contribution >= 0.6 is 0 Å². The number of ether oxygens (including phenoxy) is 4. The normalized spacial score (nSPS) is 14.0. The fourth-order valence-corrected chi connectivity index (χ4v) is 4.52. The maximum atomic E-state index is 12.4. The third-order valence-corrected chi connectivity index (χ3v) is 6.15. The zero-order valence-electron chi connectivity index (χ0n) is 18.6. The van der Waals surface area contributed by atoms with Gasteiger partial charge in [-0.15, -0.1) is 0 Å². The Morgan fingerprint density at radius 2 is 1.88 bits per heavy atom. The molecule has 4 aromatic rings. The Kier molecular flexibility index (Phi) is 4.95. The van der Waals surface area contributed by atoms with Crippen molar-refractivity contribution in [1.29, 1.82) is 0 Å². The molecule has 0 amide bonds. The Balaban J connectivity index is 1.38. The van der Waals surface area contributed by atoms with Crippen LogP contribution in [-0.4, -0.2) is 26.4 Å². The van der Waals surface area contributed by atoms with Gasteiger partial charge in [0.05, 0.1) is 23.7 Å².